The number of nitrogens with zero attached hydrogens (tertiary/aromatic N) is 1. The van der Waals surface area contributed by atoms with Crippen molar-refractivity contribution in [3.05, 3.63) is 45.7 Å². The number of ether oxygens (including phenoxy) is 1. The van der Waals surface area contributed by atoms with E-state index in [0.29, 0.717) is 5.92 Å². The van der Waals surface area contributed by atoms with Crippen molar-refractivity contribution in [1.82, 2.24) is 4.57 Å². The highest BCUT2D eigenvalue weighted by Crippen LogP contribution is 2.28. The number of rotatable bonds is 1. The maximum atomic E-state index is 12.0. The zero-order valence-electron chi connectivity index (χ0n) is 11.5. The largest absolute Gasteiger partial charge is 0.381 e. The Balaban J connectivity index is 2.12. The van der Waals surface area contributed by atoms with Gasteiger partial charge in [0.2, 0.25) is 0 Å². The third-order valence-electron chi connectivity index (χ3n) is 4.12. The number of aryl methyl sites for hydroxylation is 2. The number of benzene rings is 1. The maximum Gasteiger partial charge on any atom is 0.253 e. The van der Waals surface area contributed by atoms with E-state index in [-0.39, 0.29) is 5.56 Å². The second-order valence-electron chi connectivity index (χ2n) is 5.40. The van der Waals surface area contributed by atoms with Gasteiger partial charge in [0.05, 0.1) is 5.52 Å². The van der Waals surface area contributed by atoms with E-state index in [2.05, 4.69) is 18.2 Å². The third-order valence-corrected chi connectivity index (χ3v) is 4.12. The van der Waals surface area contributed by atoms with E-state index in [4.69, 9.17) is 4.74 Å². The summed E-state index contributed by atoms with van der Waals surface area (Å²) in [7, 11) is 1.85. The van der Waals surface area contributed by atoms with E-state index in [9.17, 15) is 4.79 Å². The molecular weight excluding hydrogens is 238 g/mol. The number of fused-ring (bicyclic) bond motifs is 1. The number of hydrogen-bond donors (Lipinski definition) is 0. The SMILES string of the molecule is Cc1cc2ccc(C3CCOCC3)cc2n(C)c1=O. The van der Waals surface area contributed by atoms with Crippen LogP contribution in [0.1, 0.15) is 29.9 Å². The predicted molar refractivity (Wildman–Crippen MR) is 76.7 cm³/mol. The van der Waals surface area contributed by atoms with Gasteiger partial charge in [-0.3, -0.25) is 4.79 Å². The summed E-state index contributed by atoms with van der Waals surface area (Å²) in [5, 5.41) is 1.13. The van der Waals surface area contributed by atoms with Crippen molar-refractivity contribution in [2.45, 2.75) is 25.7 Å². The smallest absolute Gasteiger partial charge is 0.253 e. The normalized spacial score (nSPS) is 16.9. The van der Waals surface area contributed by atoms with Gasteiger partial charge in [-0.15, -0.1) is 0 Å². The molecule has 2 aromatic rings. The molecule has 1 fully saturated rings. The number of hydrogen-bond acceptors (Lipinski definition) is 2. The minimum atomic E-state index is 0.0941. The lowest BCUT2D eigenvalue weighted by Gasteiger charge is -2.23. The van der Waals surface area contributed by atoms with E-state index in [1.54, 1.807) is 4.57 Å². The van der Waals surface area contributed by atoms with Crippen LogP contribution in [0.5, 0.6) is 0 Å². The minimum absolute atomic E-state index is 0.0941. The average Bonchev–Trinajstić information content (AvgIpc) is 2.46. The van der Waals surface area contributed by atoms with Crippen LogP contribution in [0.2, 0.25) is 0 Å². The Bertz CT molecular complexity index is 666. The molecule has 1 aliphatic heterocycles. The summed E-state index contributed by atoms with van der Waals surface area (Å²) in [6.45, 7) is 3.55. The van der Waals surface area contributed by atoms with Crippen molar-refractivity contribution in [3.63, 3.8) is 0 Å². The van der Waals surface area contributed by atoms with Crippen molar-refractivity contribution in [1.29, 1.82) is 0 Å². The van der Waals surface area contributed by atoms with E-state index in [1.165, 1.54) is 5.56 Å². The highest BCUT2D eigenvalue weighted by atomic mass is 16.5. The molecule has 0 N–H and O–H groups in total. The van der Waals surface area contributed by atoms with Crippen molar-refractivity contribution in [2.75, 3.05) is 13.2 Å². The Kier molecular flexibility index (Phi) is 3.15. The molecule has 0 unspecified atom stereocenters. The Morgan fingerprint density at radius 3 is 2.68 bits per heavy atom. The van der Waals surface area contributed by atoms with Crippen LogP contribution in [-0.4, -0.2) is 17.8 Å². The highest BCUT2D eigenvalue weighted by molar-refractivity contribution is 5.80. The van der Waals surface area contributed by atoms with E-state index >= 15 is 0 Å². The van der Waals surface area contributed by atoms with Crippen molar-refractivity contribution < 1.29 is 4.74 Å². The molecule has 3 rings (SSSR count). The molecule has 2 heterocycles. The van der Waals surface area contributed by atoms with Crippen LogP contribution >= 0.6 is 0 Å². The fourth-order valence-corrected chi connectivity index (χ4v) is 2.93. The molecule has 0 spiro atoms. The van der Waals surface area contributed by atoms with Crippen molar-refractivity contribution >= 4 is 10.9 Å². The van der Waals surface area contributed by atoms with Crippen molar-refractivity contribution in [2.24, 2.45) is 7.05 Å². The van der Waals surface area contributed by atoms with Crippen LogP contribution in [0.15, 0.2) is 29.1 Å². The molecular formula is C16H19NO2. The molecule has 0 aliphatic carbocycles. The highest BCUT2D eigenvalue weighted by Gasteiger charge is 2.16. The summed E-state index contributed by atoms with van der Waals surface area (Å²) < 4.78 is 7.17. The van der Waals surface area contributed by atoms with E-state index in [0.717, 1.165) is 42.5 Å². The zero-order valence-corrected chi connectivity index (χ0v) is 11.5. The Hall–Kier alpha value is -1.61. The van der Waals surface area contributed by atoms with Gasteiger partial charge < -0.3 is 9.30 Å². The third kappa shape index (κ3) is 2.19. The number of aromatic nitrogens is 1. The first-order chi connectivity index (χ1) is 9.16. The minimum Gasteiger partial charge on any atom is -0.381 e. The fourth-order valence-electron chi connectivity index (χ4n) is 2.93. The lowest BCUT2D eigenvalue weighted by molar-refractivity contribution is 0.0853. The monoisotopic (exact) mass is 257 g/mol. The maximum absolute atomic E-state index is 12.0. The molecule has 1 aromatic heterocycles. The zero-order chi connectivity index (χ0) is 13.4. The van der Waals surface area contributed by atoms with Gasteiger partial charge >= 0.3 is 0 Å². The van der Waals surface area contributed by atoms with Crippen LogP contribution in [0, 0.1) is 6.92 Å². The Labute approximate surface area is 112 Å². The second-order valence-corrected chi connectivity index (χ2v) is 5.40. The van der Waals surface area contributed by atoms with Crippen molar-refractivity contribution in [3.8, 4) is 0 Å². The van der Waals surface area contributed by atoms with Crippen LogP contribution in [-0.2, 0) is 11.8 Å². The fraction of sp³-hybridized carbons (Fsp3) is 0.438. The first-order valence-electron chi connectivity index (χ1n) is 6.85. The van der Waals surface area contributed by atoms with Gasteiger partial charge in [0.1, 0.15) is 0 Å². The quantitative estimate of drug-likeness (QED) is 0.786. The van der Waals surface area contributed by atoms with Crippen LogP contribution in [0.3, 0.4) is 0 Å². The standard InChI is InChI=1S/C16H19NO2/c1-11-9-14-4-3-13(12-5-7-19-8-6-12)10-15(14)17(2)16(11)18/h3-4,9-10,12H,5-8H2,1-2H3. The molecule has 0 radical (unpaired) electrons. The van der Waals surface area contributed by atoms with Gasteiger partial charge in [0.25, 0.3) is 5.56 Å². The van der Waals surface area contributed by atoms with Gasteiger partial charge in [-0.2, -0.15) is 0 Å². The first kappa shape index (κ1) is 12.4. The molecule has 3 heteroatoms. The molecule has 0 saturated carbocycles. The van der Waals surface area contributed by atoms with Gasteiger partial charge in [-0.05, 0) is 48.8 Å². The summed E-state index contributed by atoms with van der Waals surface area (Å²) in [5.41, 5.74) is 3.25. The van der Waals surface area contributed by atoms with Crippen LogP contribution in [0.25, 0.3) is 10.9 Å². The predicted octanol–water partition coefficient (Wildman–Crippen LogP) is 2.74. The van der Waals surface area contributed by atoms with Gasteiger partial charge in [0.15, 0.2) is 0 Å². The van der Waals surface area contributed by atoms with Gasteiger partial charge in [-0.25, -0.2) is 0 Å². The summed E-state index contributed by atoms with van der Waals surface area (Å²) in [4.78, 5) is 12.0. The lowest BCUT2D eigenvalue weighted by Crippen LogP contribution is -2.19. The molecule has 100 valence electrons. The van der Waals surface area contributed by atoms with E-state index < -0.39 is 0 Å². The van der Waals surface area contributed by atoms with Gasteiger partial charge in [0, 0.05) is 25.8 Å². The lowest BCUT2D eigenvalue weighted by atomic mass is 9.91. The van der Waals surface area contributed by atoms with Crippen LogP contribution < -0.4 is 5.56 Å². The summed E-state index contributed by atoms with van der Waals surface area (Å²) in [5.74, 6) is 0.564. The molecule has 0 bridgehead atoms. The van der Waals surface area contributed by atoms with Gasteiger partial charge in [-0.1, -0.05) is 12.1 Å². The topological polar surface area (TPSA) is 31.2 Å². The average molecular weight is 257 g/mol. The Morgan fingerprint density at radius 1 is 1.21 bits per heavy atom. The first-order valence-corrected chi connectivity index (χ1v) is 6.85. The molecule has 0 atom stereocenters. The van der Waals surface area contributed by atoms with E-state index in [1.807, 2.05) is 20.0 Å². The number of pyridine rings is 1. The Morgan fingerprint density at radius 2 is 1.95 bits per heavy atom. The summed E-state index contributed by atoms with van der Waals surface area (Å²) in [6, 6.07) is 8.48. The molecule has 1 aliphatic rings. The second kappa shape index (κ2) is 4.82. The summed E-state index contributed by atoms with van der Waals surface area (Å²) in [6.07, 6.45) is 2.15. The molecule has 19 heavy (non-hydrogen) atoms. The van der Waals surface area contributed by atoms with Crippen LogP contribution in [0.4, 0.5) is 0 Å². The molecule has 1 saturated heterocycles. The summed E-state index contributed by atoms with van der Waals surface area (Å²) >= 11 is 0. The molecule has 1 aromatic carbocycles. The molecule has 0 amide bonds. The molecule has 3 nitrogen and oxygen atoms in total.